The Bertz CT molecular complexity index is 258. The van der Waals surface area contributed by atoms with Gasteiger partial charge in [-0.3, -0.25) is 0 Å². The third kappa shape index (κ3) is 3.38. The van der Waals surface area contributed by atoms with Gasteiger partial charge in [0.25, 0.3) is 0 Å². The van der Waals surface area contributed by atoms with Crippen molar-refractivity contribution in [2.75, 3.05) is 20.3 Å². The van der Waals surface area contributed by atoms with Crippen LogP contribution in [0.3, 0.4) is 0 Å². The van der Waals surface area contributed by atoms with E-state index >= 15 is 0 Å². The molecule has 0 fully saturated rings. The van der Waals surface area contributed by atoms with E-state index < -0.39 is 0 Å². The number of hydrogen-bond acceptors (Lipinski definition) is 2. The molecule has 0 N–H and O–H groups in total. The van der Waals surface area contributed by atoms with Crippen LogP contribution in [-0.4, -0.2) is 20.3 Å². The second kappa shape index (κ2) is 6.44. The molecule has 2 heteroatoms. The first-order chi connectivity index (χ1) is 6.88. The molecule has 0 aliphatic rings. The van der Waals surface area contributed by atoms with Crippen molar-refractivity contribution >= 4 is 0 Å². The Morgan fingerprint density at radius 3 is 2.64 bits per heavy atom. The Balaban J connectivity index is 2.41. The van der Waals surface area contributed by atoms with Crippen molar-refractivity contribution in [3.8, 4) is 5.75 Å². The maximum atomic E-state index is 5.43. The van der Waals surface area contributed by atoms with Gasteiger partial charge in [-0.1, -0.05) is 25.1 Å². The smallest absolute Gasteiger partial charge is 0.122 e. The van der Waals surface area contributed by atoms with Gasteiger partial charge < -0.3 is 9.47 Å². The van der Waals surface area contributed by atoms with Crippen LogP contribution in [0.5, 0.6) is 5.75 Å². The van der Waals surface area contributed by atoms with Gasteiger partial charge in [0.05, 0.1) is 13.7 Å². The van der Waals surface area contributed by atoms with Crippen molar-refractivity contribution in [2.24, 2.45) is 0 Å². The largest absolute Gasteiger partial charge is 0.496 e. The van der Waals surface area contributed by atoms with Crippen LogP contribution < -0.4 is 4.74 Å². The van der Waals surface area contributed by atoms with Gasteiger partial charge in [-0.15, -0.1) is 0 Å². The first-order valence-electron chi connectivity index (χ1n) is 5.08. The maximum Gasteiger partial charge on any atom is 0.122 e. The van der Waals surface area contributed by atoms with Crippen LogP contribution in [0.15, 0.2) is 24.3 Å². The normalized spacial score (nSPS) is 10.1. The Kier molecular flexibility index (Phi) is 5.08. The van der Waals surface area contributed by atoms with E-state index in [4.69, 9.17) is 9.47 Å². The van der Waals surface area contributed by atoms with Crippen molar-refractivity contribution in [2.45, 2.75) is 19.8 Å². The highest BCUT2D eigenvalue weighted by Crippen LogP contribution is 2.17. The van der Waals surface area contributed by atoms with Gasteiger partial charge in [0, 0.05) is 6.61 Å². The van der Waals surface area contributed by atoms with Gasteiger partial charge in [0.2, 0.25) is 0 Å². The summed E-state index contributed by atoms with van der Waals surface area (Å²) in [5.74, 6) is 0.951. The molecule has 0 aliphatic carbocycles. The molecular formula is C12H18O2. The van der Waals surface area contributed by atoms with Gasteiger partial charge >= 0.3 is 0 Å². The molecule has 1 aromatic carbocycles. The average molecular weight is 194 g/mol. The number of methoxy groups -OCH3 is 1. The second-order valence-electron chi connectivity index (χ2n) is 3.17. The third-order valence-electron chi connectivity index (χ3n) is 2.06. The highest BCUT2D eigenvalue weighted by Gasteiger charge is 2.00. The SMILES string of the molecule is CCCOCCc1ccccc1OC. The molecule has 0 aliphatic heterocycles. The molecular weight excluding hydrogens is 176 g/mol. The van der Waals surface area contributed by atoms with Crippen LogP contribution in [0.25, 0.3) is 0 Å². The van der Waals surface area contributed by atoms with Crippen molar-refractivity contribution in [3.05, 3.63) is 29.8 Å². The van der Waals surface area contributed by atoms with E-state index in [2.05, 4.69) is 13.0 Å². The van der Waals surface area contributed by atoms with Crippen LogP contribution in [0, 0.1) is 0 Å². The van der Waals surface area contributed by atoms with Gasteiger partial charge in [-0.2, -0.15) is 0 Å². The topological polar surface area (TPSA) is 18.5 Å². The Morgan fingerprint density at radius 2 is 1.93 bits per heavy atom. The van der Waals surface area contributed by atoms with Crippen LogP contribution in [0.1, 0.15) is 18.9 Å². The monoisotopic (exact) mass is 194 g/mol. The Hall–Kier alpha value is -1.02. The summed E-state index contributed by atoms with van der Waals surface area (Å²) in [6, 6.07) is 8.07. The minimum atomic E-state index is 0.772. The van der Waals surface area contributed by atoms with E-state index in [1.807, 2.05) is 18.2 Å². The first kappa shape index (κ1) is 11.1. The fourth-order valence-corrected chi connectivity index (χ4v) is 1.34. The standard InChI is InChI=1S/C12H18O2/c1-3-9-14-10-8-11-6-4-5-7-12(11)13-2/h4-7H,3,8-10H2,1-2H3. The molecule has 0 spiro atoms. The van der Waals surface area contributed by atoms with E-state index in [-0.39, 0.29) is 0 Å². The highest BCUT2D eigenvalue weighted by molar-refractivity contribution is 5.33. The number of rotatable bonds is 6. The lowest BCUT2D eigenvalue weighted by atomic mass is 10.1. The molecule has 0 atom stereocenters. The van der Waals surface area contributed by atoms with Crippen LogP contribution >= 0.6 is 0 Å². The zero-order valence-corrected chi connectivity index (χ0v) is 8.95. The van der Waals surface area contributed by atoms with E-state index in [0.29, 0.717) is 0 Å². The number of para-hydroxylation sites is 1. The second-order valence-corrected chi connectivity index (χ2v) is 3.17. The van der Waals surface area contributed by atoms with Gasteiger partial charge in [0.15, 0.2) is 0 Å². The minimum Gasteiger partial charge on any atom is -0.496 e. The molecule has 0 bridgehead atoms. The van der Waals surface area contributed by atoms with Gasteiger partial charge in [-0.25, -0.2) is 0 Å². The lowest BCUT2D eigenvalue weighted by Crippen LogP contribution is -2.01. The summed E-state index contributed by atoms with van der Waals surface area (Å²) in [5, 5.41) is 0. The average Bonchev–Trinajstić information content (AvgIpc) is 2.25. The number of ether oxygens (including phenoxy) is 2. The summed E-state index contributed by atoms with van der Waals surface area (Å²) < 4.78 is 10.7. The fourth-order valence-electron chi connectivity index (χ4n) is 1.34. The molecule has 2 nitrogen and oxygen atoms in total. The summed E-state index contributed by atoms with van der Waals surface area (Å²) in [7, 11) is 1.70. The quantitative estimate of drug-likeness (QED) is 0.648. The van der Waals surface area contributed by atoms with Crippen LogP contribution in [-0.2, 0) is 11.2 Å². The molecule has 0 saturated heterocycles. The molecule has 0 aromatic heterocycles. The van der Waals surface area contributed by atoms with Gasteiger partial charge in [0.1, 0.15) is 5.75 Å². The van der Waals surface area contributed by atoms with Crippen molar-refractivity contribution < 1.29 is 9.47 Å². The minimum absolute atomic E-state index is 0.772. The zero-order valence-electron chi connectivity index (χ0n) is 8.95. The molecule has 0 heterocycles. The van der Waals surface area contributed by atoms with Crippen LogP contribution in [0.4, 0.5) is 0 Å². The van der Waals surface area contributed by atoms with E-state index in [0.717, 1.165) is 31.8 Å². The third-order valence-corrected chi connectivity index (χ3v) is 2.06. The summed E-state index contributed by atoms with van der Waals surface area (Å²) in [4.78, 5) is 0. The summed E-state index contributed by atoms with van der Waals surface area (Å²) in [6.07, 6.45) is 2.00. The van der Waals surface area contributed by atoms with E-state index in [1.165, 1.54) is 5.56 Å². The summed E-state index contributed by atoms with van der Waals surface area (Å²) >= 11 is 0. The lowest BCUT2D eigenvalue weighted by Gasteiger charge is -2.07. The summed E-state index contributed by atoms with van der Waals surface area (Å²) in [6.45, 7) is 3.73. The molecule has 78 valence electrons. The predicted molar refractivity (Wildman–Crippen MR) is 57.8 cm³/mol. The van der Waals surface area contributed by atoms with Crippen LogP contribution in [0.2, 0.25) is 0 Å². The lowest BCUT2D eigenvalue weighted by molar-refractivity contribution is 0.137. The Labute approximate surface area is 85.8 Å². The maximum absolute atomic E-state index is 5.43. The van der Waals surface area contributed by atoms with E-state index in [1.54, 1.807) is 7.11 Å². The Morgan fingerprint density at radius 1 is 1.14 bits per heavy atom. The first-order valence-corrected chi connectivity index (χ1v) is 5.08. The molecule has 0 unspecified atom stereocenters. The van der Waals surface area contributed by atoms with Crippen molar-refractivity contribution in [1.29, 1.82) is 0 Å². The summed E-state index contributed by atoms with van der Waals surface area (Å²) in [5.41, 5.74) is 1.21. The fraction of sp³-hybridized carbons (Fsp3) is 0.500. The molecule has 14 heavy (non-hydrogen) atoms. The van der Waals surface area contributed by atoms with Crippen molar-refractivity contribution in [1.82, 2.24) is 0 Å². The number of benzene rings is 1. The molecule has 0 amide bonds. The number of hydrogen-bond donors (Lipinski definition) is 0. The van der Waals surface area contributed by atoms with Gasteiger partial charge in [-0.05, 0) is 24.5 Å². The zero-order chi connectivity index (χ0) is 10.2. The van der Waals surface area contributed by atoms with E-state index in [9.17, 15) is 0 Å². The predicted octanol–water partition coefficient (Wildman–Crippen LogP) is 2.66. The molecule has 1 rings (SSSR count). The molecule has 1 aromatic rings. The molecule has 0 radical (unpaired) electrons. The molecule has 0 saturated carbocycles. The highest BCUT2D eigenvalue weighted by atomic mass is 16.5. The van der Waals surface area contributed by atoms with Crippen molar-refractivity contribution in [3.63, 3.8) is 0 Å².